The number of nitrogens with one attached hydrogen (secondary N) is 2. The van der Waals surface area contributed by atoms with Crippen LogP contribution >= 0.6 is 0 Å². The minimum atomic E-state index is -0.254. The van der Waals surface area contributed by atoms with Crippen molar-refractivity contribution < 1.29 is 15.1 Å². The molecule has 1 rings (SSSR count). The minimum Gasteiger partial charge on any atom is -0.506 e. The Labute approximate surface area is 94.1 Å². The van der Waals surface area contributed by atoms with Crippen LogP contribution in [0.3, 0.4) is 0 Å². The summed E-state index contributed by atoms with van der Waals surface area (Å²) in [6.07, 6.45) is 0.515. The van der Waals surface area contributed by atoms with Crippen molar-refractivity contribution in [3.8, 4) is 5.75 Å². The maximum atomic E-state index is 11.2. The standard InChI is InChI=1S/C11H16N2O3/c1-7(14)9(12-2)5-8-3-4-11(15)10(6-8)13-16/h3-4,6,9,12-13,15-16H,5H2,1-2H3. The van der Waals surface area contributed by atoms with E-state index in [0.717, 1.165) is 5.56 Å². The Morgan fingerprint density at radius 2 is 2.19 bits per heavy atom. The van der Waals surface area contributed by atoms with Crippen LogP contribution in [-0.2, 0) is 11.2 Å². The highest BCUT2D eigenvalue weighted by molar-refractivity contribution is 5.81. The third-order valence-corrected chi connectivity index (χ3v) is 2.46. The van der Waals surface area contributed by atoms with Crippen LogP contribution in [0.1, 0.15) is 12.5 Å². The van der Waals surface area contributed by atoms with Gasteiger partial charge in [0.2, 0.25) is 0 Å². The summed E-state index contributed by atoms with van der Waals surface area (Å²) in [5.74, 6) is 0.0177. The molecule has 0 spiro atoms. The first-order valence-corrected chi connectivity index (χ1v) is 4.98. The van der Waals surface area contributed by atoms with Crippen molar-refractivity contribution in [3.63, 3.8) is 0 Å². The van der Waals surface area contributed by atoms with Crippen molar-refractivity contribution in [2.24, 2.45) is 0 Å². The van der Waals surface area contributed by atoms with Crippen LogP contribution in [0.4, 0.5) is 5.69 Å². The van der Waals surface area contributed by atoms with Crippen LogP contribution < -0.4 is 10.8 Å². The molecule has 88 valence electrons. The summed E-state index contributed by atoms with van der Waals surface area (Å²) >= 11 is 0. The second kappa shape index (κ2) is 5.48. The number of hydrogen-bond donors (Lipinski definition) is 4. The van der Waals surface area contributed by atoms with Crippen LogP contribution in [0.25, 0.3) is 0 Å². The first-order chi connectivity index (χ1) is 7.58. The first-order valence-electron chi connectivity index (χ1n) is 4.98. The van der Waals surface area contributed by atoms with E-state index in [-0.39, 0.29) is 23.3 Å². The van der Waals surface area contributed by atoms with Crippen molar-refractivity contribution in [3.05, 3.63) is 23.8 Å². The van der Waals surface area contributed by atoms with Crippen LogP contribution in [-0.4, -0.2) is 29.2 Å². The number of phenols is 1. The SMILES string of the molecule is CNC(Cc1ccc(O)c(NO)c1)C(C)=O. The fourth-order valence-corrected chi connectivity index (χ4v) is 1.48. The van der Waals surface area contributed by atoms with Gasteiger partial charge in [0.25, 0.3) is 0 Å². The number of hydrogen-bond acceptors (Lipinski definition) is 5. The van der Waals surface area contributed by atoms with Crippen molar-refractivity contribution in [1.82, 2.24) is 5.32 Å². The number of ketones is 1. The van der Waals surface area contributed by atoms with Gasteiger partial charge in [-0.05, 0) is 38.1 Å². The van der Waals surface area contributed by atoms with E-state index in [9.17, 15) is 9.90 Å². The average Bonchev–Trinajstić information content (AvgIpc) is 2.27. The van der Waals surface area contributed by atoms with Gasteiger partial charge < -0.3 is 10.4 Å². The van der Waals surface area contributed by atoms with Gasteiger partial charge in [0.15, 0.2) is 0 Å². The molecule has 0 aliphatic heterocycles. The summed E-state index contributed by atoms with van der Waals surface area (Å²) in [5.41, 5.74) is 2.98. The smallest absolute Gasteiger partial charge is 0.147 e. The molecule has 16 heavy (non-hydrogen) atoms. The van der Waals surface area contributed by atoms with E-state index >= 15 is 0 Å². The molecule has 1 aromatic rings. The highest BCUT2D eigenvalue weighted by Crippen LogP contribution is 2.24. The Balaban J connectivity index is 2.84. The summed E-state index contributed by atoms with van der Waals surface area (Å²) < 4.78 is 0. The number of likely N-dealkylation sites (N-methyl/N-ethyl adjacent to an activating group) is 1. The van der Waals surface area contributed by atoms with E-state index in [1.807, 2.05) is 5.48 Å². The summed E-state index contributed by atoms with van der Waals surface area (Å²) in [5, 5.41) is 21.0. The molecule has 1 atom stereocenters. The molecule has 1 unspecified atom stereocenters. The fourth-order valence-electron chi connectivity index (χ4n) is 1.48. The quantitative estimate of drug-likeness (QED) is 0.441. The van der Waals surface area contributed by atoms with Gasteiger partial charge in [-0.25, -0.2) is 0 Å². The van der Waals surface area contributed by atoms with E-state index < -0.39 is 0 Å². The van der Waals surface area contributed by atoms with Gasteiger partial charge in [0, 0.05) is 0 Å². The molecule has 4 N–H and O–H groups in total. The number of carbonyl (C=O) groups excluding carboxylic acids is 1. The summed E-state index contributed by atoms with van der Waals surface area (Å²) in [7, 11) is 1.72. The van der Waals surface area contributed by atoms with Crippen molar-refractivity contribution in [2.75, 3.05) is 12.5 Å². The second-order valence-corrected chi connectivity index (χ2v) is 3.62. The third kappa shape index (κ3) is 2.95. The molecular formula is C11H16N2O3. The number of rotatable bonds is 5. The topological polar surface area (TPSA) is 81.6 Å². The lowest BCUT2D eigenvalue weighted by Crippen LogP contribution is -2.34. The van der Waals surface area contributed by atoms with E-state index in [2.05, 4.69) is 5.32 Å². The number of Topliss-reactive ketones (excluding diaryl/α,β-unsaturated/α-hetero) is 1. The minimum absolute atomic E-state index is 0.0323. The van der Waals surface area contributed by atoms with E-state index in [4.69, 9.17) is 5.21 Å². The largest absolute Gasteiger partial charge is 0.506 e. The monoisotopic (exact) mass is 224 g/mol. The molecule has 0 aromatic heterocycles. The number of phenolic OH excluding ortho intramolecular Hbond substituents is 1. The lowest BCUT2D eigenvalue weighted by molar-refractivity contribution is -0.118. The Kier molecular flexibility index (Phi) is 4.28. The third-order valence-electron chi connectivity index (χ3n) is 2.46. The number of benzene rings is 1. The molecule has 0 radical (unpaired) electrons. The van der Waals surface area contributed by atoms with E-state index in [1.54, 1.807) is 19.2 Å². The zero-order valence-electron chi connectivity index (χ0n) is 9.32. The van der Waals surface area contributed by atoms with Gasteiger partial charge >= 0.3 is 0 Å². The van der Waals surface area contributed by atoms with E-state index in [0.29, 0.717) is 6.42 Å². The Hall–Kier alpha value is -1.59. The van der Waals surface area contributed by atoms with Gasteiger partial charge in [-0.1, -0.05) is 6.07 Å². The first kappa shape index (κ1) is 12.5. The highest BCUT2D eigenvalue weighted by atomic mass is 16.5. The van der Waals surface area contributed by atoms with Crippen LogP contribution in [0.2, 0.25) is 0 Å². The van der Waals surface area contributed by atoms with Crippen LogP contribution in [0, 0.1) is 0 Å². The molecule has 0 amide bonds. The summed E-state index contributed by atoms with van der Waals surface area (Å²) in [4.78, 5) is 11.2. The lowest BCUT2D eigenvalue weighted by Gasteiger charge is -2.13. The molecule has 0 aliphatic carbocycles. The van der Waals surface area contributed by atoms with Crippen molar-refractivity contribution >= 4 is 11.5 Å². The zero-order chi connectivity index (χ0) is 12.1. The number of anilines is 1. The van der Waals surface area contributed by atoms with Crippen molar-refractivity contribution in [2.45, 2.75) is 19.4 Å². The second-order valence-electron chi connectivity index (χ2n) is 3.62. The van der Waals surface area contributed by atoms with Crippen molar-refractivity contribution in [1.29, 1.82) is 0 Å². The molecule has 0 aliphatic rings. The molecule has 0 fully saturated rings. The molecule has 0 saturated carbocycles. The molecule has 5 heteroatoms. The fraction of sp³-hybridized carbons (Fsp3) is 0.364. The van der Waals surface area contributed by atoms with Gasteiger partial charge in [-0.3, -0.25) is 15.5 Å². The number of aromatic hydroxyl groups is 1. The van der Waals surface area contributed by atoms with Crippen LogP contribution in [0.15, 0.2) is 18.2 Å². The summed E-state index contributed by atoms with van der Waals surface area (Å²) in [6.45, 7) is 1.52. The Morgan fingerprint density at radius 1 is 1.50 bits per heavy atom. The predicted octanol–water partition coefficient (Wildman–Crippen LogP) is 0.913. The molecular weight excluding hydrogens is 208 g/mol. The van der Waals surface area contributed by atoms with Gasteiger partial charge in [0.05, 0.1) is 6.04 Å². The normalized spacial score (nSPS) is 12.2. The van der Waals surface area contributed by atoms with Gasteiger partial charge in [-0.15, -0.1) is 0 Å². The number of carbonyl (C=O) groups is 1. The Bertz CT molecular complexity index is 379. The lowest BCUT2D eigenvalue weighted by atomic mass is 10.0. The molecule has 0 saturated heterocycles. The summed E-state index contributed by atoms with van der Waals surface area (Å²) in [6, 6.07) is 4.53. The maximum absolute atomic E-state index is 11.2. The zero-order valence-corrected chi connectivity index (χ0v) is 9.32. The molecule has 0 heterocycles. The van der Waals surface area contributed by atoms with Gasteiger partial charge in [0.1, 0.15) is 17.2 Å². The molecule has 0 bridgehead atoms. The molecule has 1 aromatic carbocycles. The average molecular weight is 224 g/mol. The van der Waals surface area contributed by atoms with E-state index in [1.165, 1.54) is 13.0 Å². The predicted molar refractivity (Wildman–Crippen MR) is 60.7 cm³/mol. The van der Waals surface area contributed by atoms with Gasteiger partial charge in [-0.2, -0.15) is 0 Å². The maximum Gasteiger partial charge on any atom is 0.147 e. The Morgan fingerprint density at radius 3 is 2.69 bits per heavy atom. The molecule has 5 nitrogen and oxygen atoms in total. The highest BCUT2D eigenvalue weighted by Gasteiger charge is 2.13. The van der Waals surface area contributed by atoms with Crippen LogP contribution in [0.5, 0.6) is 5.75 Å².